The molecule has 0 amide bonds. The maximum absolute atomic E-state index is 10.2. The molecule has 4 nitrogen and oxygen atoms in total. The van der Waals surface area contributed by atoms with E-state index < -0.39 is 0 Å². The average Bonchev–Trinajstić information content (AvgIpc) is 2.56. The van der Waals surface area contributed by atoms with E-state index in [1.165, 1.54) is 24.0 Å². The summed E-state index contributed by atoms with van der Waals surface area (Å²) >= 11 is 1.83. The van der Waals surface area contributed by atoms with Crippen LogP contribution >= 0.6 is 35.7 Å². The molecule has 3 N–H and O–H groups in total. The Kier molecular flexibility index (Phi) is 8.70. The van der Waals surface area contributed by atoms with Crippen LogP contribution in [0.2, 0.25) is 0 Å². The number of nitrogens with one attached hydrogen (secondary N) is 2. The van der Waals surface area contributed by atoms with Crippen molar-refractivity contribution in [2.45, 2.75) is 50.8 Å². The summed E-state index contributed by atoms with van der Waals surface area (Å²) in [4.78, 5) is 4.29. The average molecular weight is 463 g/mol. The van der Waals surface area contributed by atoms with E-state index in [0.29, 0.717) is 12.3 Å². The van der Waals surface area contributed by atoms with Gasteiger partial charge in [0.25, 0.3) is 0 Å². The lowest BCUT2D eigenvalue weighted by atomic mass is 9.88. The van der Waals surface area contributed by atoms with Crippen molar-refractivity contribution in [1.82, 2.24) is 10.6 Å². The van der Waals surface area contributed by atoms with E-state index in [-0.39, 0.29) is 28.7 Å². The summed E-state index contributed by atoms with van der Waals surface area (Å²) in [6.45, 7) is 5.86. The van der Waals surface area contributed by atoms with Gasteiger partial charge >= 0.3 is 0 Å². The normalized spacial score (nSPS) is 14.6. The Balaban J connectivity index is 0.00000288. The van der Waals surface area contributed by atoms with Gasteiger partial charge in [-0.25, -0.2) is 0 Å². The molecule has 0 aliphatic heterocycles. The van der Waals surface area contributed by atoms with Gasteiger partial charge in [-0.3, -0.25) is 4.99 Å². The van der Waals surface area contributed by atoms with Crippen LogP contribution in [0.5, 0.6) is 5.75 Å². The molecule has 0 radical (unpaired) electrons. The van der Waals surface area contributed by atoms with E-state index >= 15 is 0 Å². The highest BCUT2D eigenvalue weighted by molar-refractivity contribution is 14.0. The highest BCUT2D eigenvalue weighted by Gasteiger charge is 2.18. The number of benzene rings is 1. The summed E-state index contributed by atoms with van der Waals surface area (Å²) in [5, 5.41) is 17.0. The van der Waals surface area contributed by atoms with Gasteiger partial charge < -0.3 is 15.7 Å². The zero-order valence-corrected chi connectivity index (χ0v) is 18.3. The Labute approximate surface area is 167 Å². The summed E-state index contributed by atoms with van der Waals surface area (Å²) in [5.74, 6) is 1.16. The van der Waals surface area contributed by atoms with Crippen molar-refractivity contribution < 1.29 is 5.11 Å². The zero-order chi connectivity index (χ0) is 16.9. The smallest absolute Gasteiger partial charge is 0.191 e. The molecule has 1 aliphatic carbocycles. The van der Waals surface area contributed by atoms with Crippen LogP contribution < -0.4 is 10.6 Å². The second kappa shape index (κ2) is 9.75. The molecule has 1 aliphatic rings. The maximum atomic E-state index is 10.2. The topological polar surface area (TPSA) is 56.7 Å². The molecular formula is C18H30IN3OS. The van der Waals surface area contributed by atoms with Gasteiger partial charge in [0.15, 0.2) is 5.96 Å². The monoisotopic (exact) mass is 463 g/mol. The number of guanidine groups is 1. The number of aliphatic imine (C=N–C) groups is 1. The number of phenolic OH excluding ortho intramolecular Hbond substituents is 1. The fourth-order valence-electron chi connectivity index (χ4n) is 2.85. The number of thioether (sulfide) groups is 1. The molecule has 0 aromatic heterocycles. The minimum absolute atomic E-state index is 0. The van der Waals surface area contributed by atoms with Crippen LogP contribution in [0.15, 0.2) is 17.1 Å². The molecule has 1 aromatic carbocycles. The molecule has 0 atom stereocenters. The molecule has 0 saturated carbocycles. The number of fused-ring (bicyclic) bond motifs is 1. The van der Waals surface area contributed by atoms with Crippen molar-refractivity contribution in [3.8, 4) is 5.75 Å². The van der Waals surface area contributed by atoms with Crippen LogP contribution in [-0.4, -0.2) is 35.7 Å². The van der Waals surface area contributed by atoms with Gasteiger partial charge in [0.2, 0.25) is 0 Å². The first kappa shape index (κ1) is 21.4. The van der Waals surface area contributed by atoms with Crippen LogP contribution in [0, 0.1) is 0 Å². The molecule has 0 spiro atoms. The third-order valence-corrected chi connectivity index (χ3v) is 5.77. The fourth-order valence-corrected chi connectivity index (χ4v) is 3.07. The number of aromatic hydroxyl groups is 1. The van der Waals surface area contributed by atoms with E-state index in [1.54, 1.807) is 7.05 Å². The van der Waals surface area contributed by atoms with Crippen LogP contribution in [0.25, 0.3) is 0 Å². The number of rotatable bonds is 5. The first-order chi connectivity index (χ1) is 11.0. The van der Waals surface area contributed by atoms with Gasteiger partial charge in [-0.05, 0) is 63.0 Å². The standard InChI is InChI=1S/C18H29N3OS.HI/c1-18(2,23-4)12-21-17(19-3)20-11-15-14-8-6-5-7-13(14)9-10-16(15)22;/h9-10,22H,5-8,11-12H2,1-4H3,(H2,19,20,21);1H. The quantitative estimate of drug-likeness (QED) is 0.354. The van der Waals surface area contributed by atoms with Crippen LogP contribution in [0.4, 0.5) is 0 Å². The lowest BCUT2D eigenvalue weighted by Gasteiger charge is -2.24. The molecule has 0 saturated heterocycles. The van der Waals surface area contributed by atoms with E-state index in [1.807, 2.05) is 17.8 Å². The van der Waals surface area contributed by atoms with Crippen LogP contribution in [0.1, 0.15) is 43.4 Å². The molecule has 1 aromatic rings. The summed E-state index contributed by atoms with van der Waals surface area (Å²) in [5.41, 5.74) is 3.73. The van der Waals surface area contributed by atoms with Crippen molar-refractivity contribution in [2.24, 2.45) is 4.99 Å². The largest absolute Gasteiger partial charge is 0.508 e. The minimum atomic E-state index is 0. The first-order valence-corrected chi connectivity index (χ1v) is 9.51. The Morgan fingerprint density at radius 1 is 1.25 bits per heavy atom. The maximum Gasteiger partial charge on any atom is 0.191 e. The molecule has 136 valence electrons. The second-order valence-corrected chi connectivity index (χ2v) is 8.16. The van der Waals surface area contributed by atoms with E-state index in [9.17, 15) is 5.11 Å². The zero-order valence-electron chi connectivity index (χ0n) is 15.1. The number of hydrogen-bond acceptors (Lipinski definition) is 3. The number of aryl methyl sites for hydroxylation is 1. The van der Waals surface area contributed by atoms with Gasteiger partial charge in [0, 0.05) is 30.4 Å². The van der Waals surface area contributed by atoms with Crippen molar-refractivity contribution in [3.63, 3.8) is 0 Å². The minimum Gasteiger partial charge on any atom is -0.508 e. The van der Waals surface area contributed by atoms with E-state index in [4.69, 9.17) is 0 Å². The molecular weight excluding hydrogens is 433 g/mol. The van der Waals surface area contributed by atoms with Gasteiger partial charge in [0.05, 0.1) is 0 Å². The molecule has 0 unspecified atom stereocenters. The lowest BCUT2D eigenvalue weighted by molar-refractivity contribution is 0.464. The Morgan fingerprint density at radius 2 is 1.96 bits per heavy atom. The summed E-state index contributed by atoms with van der Waals surface area (Å²) in [6, 6.07) is 3.90. The molecule has 6 heteroatoms. The predicted octanol–water partition coefficient (Wildman–Crippen LogP) is 3.70. The summed E-state index contributed by atoms with van der Waals surface area (Å²) in [6.07, 6.45) is 6.76. The second-order valence-electron chi connectivity index (χ2n) is 6.65. The van der Waals surface area contributed by atoms with Crippen molar-refractivity contribution in [2.75, 3.05) is 19.8 Å². The van der Waals surface area contributed by atoms with Gasteiger partial charge in [-0.15, -0.1) is 24.0 Å². The van der Waals surface area contributed by atoms with Crippen molar-refractivity contribution >= 4 is 41.7 Å². The highest BCUT2D eigenvalue weighted by Crippen LogP contribution is 2.30. The molecule has 0 bridgehead atoms. The summed E-state index contributed by atoms with van der Waals surface area (Å²) in [7, 11) is 1.78. The Bertz CT molecular complexity index is 576. The fraction of sp³-hybridized carbons (Fsp3) is 0.611. The Hall–Kier alpha value is -0.630. The molecule has 0 heterocycles. The number of nitrogens with zero attached hydrogens (tertiary/aromatic N) is 1. The first-order valence-electron chi connectivity index (χ1n) is 8.29. The van der Waals surface area contributed by atoms with E-state index in [2.05, 4.69) is 41.8 Å². The summed E-state index contributed by atoms with van der Waals surface area (Å²) < 4.78 is 0.158. The van der Waals surface area contributed by atoms with Crippen LogP contribution in [-0.2, 0) is 19.4 Å². The molecule has 24 heavy (non-hydrogen) atoms. The molecule has 0 fully saturated rings. The van der Waals surface area contributed by atoms with Crippen LogP contribution in [0.3, 0.4) is 0 Å². The molecule has 2 rings (SSSR count). The lowest BCUT2D eigenvalue weighted by Crippen LogP contribution is -2.43. The number of phenols is 1. The van der Waals surface area contributed by atoms with Gasteiger partial charge in [0.1, 0.15) is 5.75 Å². The third kappa shape index (κ3) is 5.72. The predicted molar refractivity (Wildman–Crippen MR) is 116 cm³/mol. The van der Waals surface area contributed by atoms with E-state index in [0.717, 1.165) is 30.9 Å². The van der Waals surface area contributed by atoms with Gasteiger partial charge in [-0.2, -0.15) is 11.8 Å². The van der Waals surface area contributed by atoms with Gasteiger partial charge in [-0.1, -0.05) is 6.07 Å². The highest BCUT2D eigenvalue weighted by atomic mass is 127. The number of hydrogen-bond donors (Lipinski definition) is 3. The third-order valence-electron chi connectivity index (χ3n) is 4.52. The van der Waals surface area contributed by atoms with Crippen molar-refractivity contribution in [3.05, 3.63) is 28.8 Å². The van der Waals surface area contributed by atoms with Crippen molar-refractivity contribution in [1.29, 1.82) is 0 Å². The number of halogens is 1. The Morgan fingerprint density at radius 3 is 2.62 bits per heavy atom. The SMILES string of the molecule is CN=C(NCc1c(O)ccc2c1CCCC2)NCC(C)(C)SC.I.